The van der Waals surface area contributed by atoms with Crippen molar-refractivity contribution in [2.45, 2.75) is 32.7 Å². The van der Waals surface area contributed by atoms with Gasteiger partial charge in [-0.05, 0) is 44.0 Å². The summed E-state index contributed by atoms with van der Waals surface area (Å²) >= 11 is 0. The van der Waals surface area contributed by atoms with Gasteiger partial charge in [0.2, 0.25) is 0 Å². The molecule has 0 bridgehead atoms. The molecule has 2 N–H and O–H groups in total. The molecule has 0 saturated carbocycles. The Balaban J connectivity index is 2.00. The van der Waals surface area contributed by atoms with Gasteiger partial charge in [-0.25, -0.2) is 0 Å². The molecule has 1 atom stereocenters. The summed E-state index contributed by atoms with van der Waals surface area (Å²) in [5.41, 5.74) is 11.5. The monoisotopic (exact) mass is 292 g/mol. The predicted molar refractivity (Wildman–Crippen MR) is 94.3 cm³/mol. The molecule has 3 rings (SSSR count). The average Bonchev–Trinajstić information content (AvgIpc) is 2.91. The number of fused-ring (bicyclic) bond motifs is 1. The fraction of sp³-hybridized carbons (Fsp3) is 0.300. The lowest BCUT2D eigenvalue weighted by molar-refractivity contribution is 0.690. The Hall–Kier alpha value is -2.06. The second kappa shape index (κ2) is 6.37. The lowest BCUT2D eigenvalue weighted by Gasteiger charge is -2.15. The molecule has 2 heteroatoms. The van der Waals surface area contributed by atoms with Crippen LogP contribution in [0.15, 0.2) is 54.7 Å². The molecule has 1 heterocycles. The van der Waals surface area contributed by atoms with Gasteiger partial charge < -0.3 is 10.3 Å². The molecule has 1 unspecified atom stereocenters. The maximum Gasteiger partial charge on any atom is 0.0483 e. The number of hydrogen-bond donors (Lipinski definition) is 1. The van der Waals surface area contributed by atoms with E-state index >= 15 is 0 Å². The highest BCUT2D eigenvalue weighted by atomic mass is 14.9. The van der Waals surface area contributed by atoms with Gasteiger partial charge in [-0.15, -0.1) is 0 Å². The summed E-state index contributed by atoms with van der Waals surface area (Å²) < 4.78 is 2.32. The van der Waals surface area contributed by atoms with Gasteiger partial charge >= 0.3 is 0 Å². The van der Waals surface area contributed by atoms with E-state index in [9.17, 15) is 0 Å². The number of benzene rings is 2. The van der Waals surface area contributed by atoms with E-state index in [4.69, 9.17) is 5.73 Å². The highest BCUT2D eigenvalue weighted by molar-refractivity contribution is 5.84. The molecule has 0 fully saturated rings. The molecule has 0 radical (unpaired) electrons. The number of aryl methyl sites for hydroxylation is 2. The van der Waals surface area contributed by atoms with Crippen LogP contribution in [-0.2, 0) is 13.0 Å². The minimum absolute atomic E-state index is 0.361. The molecule has 0 spiro atoms. The van der Waals surface area contributed by atoms with Crippen molar-refractivity contribution >= 4 is 10.9 Å². The molecule has 114 valence electrons. The quantitative estimate of drug-likeness (QED) is 0.748. The summed E-state index contributed by atoms with van der Waals surface area (Å²) in [6.45, 7) is 5.99. The van der Waals surface area contributed by atoms with E-state index in [1.807, 2.05) is 0 Å². The fourth-order valence-corrected chi connectivity index (χ4v) is 3.31. The molecule has 2 aromatic carbocycles. The van der Waals surface area contributed by atoms with E-state index < -0.39 is 0 Å². The van der Waals surface area contributed by atoms with Crippen LogP contribution in [0.3, 0.4) is 0 Å². The zero-order valence-corrected chi connectivity index (χ0v) is 13.4. The van der Waals surface area contributed by atoms with Crippen molar-refractivity contribution in [2.75, 3.05) is 6.54 Å². The Kier molecular flexibility index (Phi) is 4.30. The first kappa shape index (κ1) is 14.9. The maximum atomic E-state index is 6.12. The fourth-order valence-electron chi connectivity index (χ4n) is 3.31. The predicted octanol–water partition coefficient (Wildman–Crippen LogP) is 4.25. The Morgan fingerprint density at radius 3 is 2.64 bits per heavy atom. The summed E-state index contributed by atoms with van der Waals surface area (Å²) in [6.07, 6.45) is 3.29. The molecule has 22 heavy (non-hydrogen) atoms. The van der Waals surface area contributed by atoms with Crippen molar-refractivity contribution in [3.05, 3.63) is 71.4 Å². The van der Waals surface area contributed by atoms with Gasteiger partial charge in [0, 0.05) is 29.6 Å². The molecule has 2 nitrogen and oxygen atoms in total. The molecular weight excluding hydrogens is 268 g/mol. The van der Waals surface area contributed by atoms with Crippen LogP contribution in [0.4, 0.5) is 0 Å². The van der Waals surface area contributed by atoms with Crippen molar-refractivity contribution in [1.82, 2.24) is 4.57 Å². The SMILES string of the molecule is CCn1cc(C(CN)Cc2cccc(C)c2)c2ccccc21. The molecule has 0 aliphatic heterocycles. The van der Waals surface area contributed by atoms with Crippen molar-refractivity contribution in [1.29, 1.82) is 0 Å². The van der Waals surface area contributed by atoms with Crippen LogP contribution in [0.2, 0.25) is 0 Å². The van der Waals surface area contributed by atoms with E-state index in [-0.39, 0.29) is 0 Å². The molecule has 0 saturated heterocycles. The number of rotatable bonds is 5. The first-order valence-electron chi connectivity index (χ1n) is 8.06. The third-order valence-corrected chi connectivity index (χ3v) is 4.45. The Morgan fingerprint density at radius 2 is 1.91 bits per heavy atom. The van der Waals surface area contributed by atoms with Gasteiger partial charge in [0.1, 0.15) is 0 Å². The number of nitrogens with zero attached hydrogens (tertiary/aromatic N) is 1. The molecule has 0 aliphatic carbocycles. The molecular formula is C20H24N2. The number of hydrogen-bond acceptors (Lipinski definition) is 1. The van der Waals surface area contributed by atoms with Gasteiger partial charge in [-0.2, -0.15) is 0 Å². The van der Waals surface area contributed by atoms with Crippen molar-refractivity contribution in [3.63, 3.8) is 0 Å². The van der Waals surface area contributed by atoms with Crippen LogP contribution < -0.4 is 5.73 Å². The molecule has 0 aliphatic rings. The van der Waals surface area contributed by atoms with Crippen LogP contribution >= 0.6 is 0 Å². The van der Waals surface area contributed by atoms with Crippen LogP contribution in [-0.4, -0.2) is 11.1 Å². The maximum absolute atomic E-state index is 6.12. The molecule has 0 amide bonds. The third kappa shape index (κ3) is 2.79. The summed E-state index contributed by atoms with van der Waals surface area (Å²) in [6, 6.07) is 17.4. The minimum Gasteiger partial charge on any atom is -0.347 e. The van der Waals surface area contributed by atoms with E-state index in [1.54, 1.807) is 0 Å². The van der Waals surface area contributed by atoms with E-state index in [0.717, 1.165) is 13.0 Å². The zero-order chi connectivity index (χ0) is 15.5. The minimum atomic E-state index is 0.361. The Bertz CT molecular complexity index is 770. The number of para-hydroxylation sites is 1. The largest absolute Gasteiger partial charge is 0.347 e. The summed E-state index contributed by atoms with van der Waals surface area (Å²) in [7, 11) is 0. The topological polar surface area (TPSA) is 30.9 Å². The Labute approximate surface area is 132 Å². The summed E-state index contributed by atoms with van der Waals surface area (Å²) in [5, 5.41) is 1.34. The Morgan fingerprint density at radius 1 is 1.09 bits per heavy atom. The highest BCUT2D eigenvalue weighted by Gasteiger charge is 2.17. The van der Waals surface area contributed by atoms with Gasteiger partial charge in [-0.1, -0.05) is 48.0 Å². The first-order valence-corrected chi connectivity index (χ1v) is 8.06. The van der Waals surface area contributed by atoms with E-state index in [1.165, 1.54) is 27.6 Å². The van der Waals surface area contributed by atoms with Gasteiger partial charge in [-0.3, -0.25) is 0 Å². The van der Waals surface area contributed by atoms with E-state index in [0.29, 0.717) is 12.5 Å². The van der Waals surface area contributed by atoms with Crippen molar-refractivity contribution < 1.29 is 0 Å². The van der Waals surface area contributed by atoms with E-state index in [2.05, 4.69) is 73.1 Å². The highest BCUT2D eigenvalue weighted by Crippen LogP contribution is 2.29. The van der Waals surface area contributed by atoms with Gasteiger partial charge in [0.05, 0.1) is 0 Å². The van der Waals surface area contributed by atoms with Crippen LogP contribution in [0.5, 0.6) is 0 Å². The van der Waals surface area contributed by atoms with Gasteiger partial charge in [0.15, 0.2) is 0 Å². The van der Waals surface area contributed by atoms with Crippen LogP contribution in [0.25, 0.3) is 10.9 Å². The normalized spacial score (nSPS) is 12.7. The standard InChI is InChI=1S/C20H24N2/c1-3-22-14-19(18-9-4-5-10-20(18)22)17(13-21)12-16-8-6-7-15(2)11-16/h4-11,14,17H,3,12-13,21H2,1-2H3. The van der Waals surface area contributed by atoms with Crippen molar-refractivity contribution in [3.8, 4) is 0 Å². The second-order valence-electron chi connectivity index (χ2n) is 6.01. The van der Waals surface area contributed by atoms with Crippen LogP contribution in [0.1, 0.15) is 29.5 Å². The molecule has 1 aromatic heterocycles. The lowest BCUT2D eigenvalue weighted by atomic mass is 9.91. The zero-order valence-electron chi connectivity index (χ0n) is 13.4. The third-order valence-electron chi connectivity index (χ3n) is 4.45. The van der Waals surface area contributed by atoms with Crippen molar-refractivity contribution in [2.24, 2.45) is 5.73 Å². The smallest absolute Gasteiger partial charge is 0.0483 e. The van der Waals surface area contributed by atoms with Gasteiger partial charge in [0.25, 0.3) is 0 Å². The van der Waals surface area contributed by atoms with Crippen LogP contribution in [0, 0.1) is 6.92 Å². The number of aromatic nitrogens is 1. The average molecular weight is 292 g/mol. The second-order valence-corrected chi connectivity index (χ2v) is 6.01. The first-order chi connectivity index (χ1) is 10.7. The summed E-state index contributed by atoms with van der Waals surface area (Å²) in [5.74, 6) is 0.361. The lowest BCUT2D eigenvalue weighted by Crippen LogP contribution is -2.15. The summed E-state index contributed by atoms with van der Waals surface area (Å²) in [4.78, 5) is 0. The molecule has 3 aromatic rings. The number of nitrogens with two attached hydrogens (primary N) is 1.